The molecule has 224 valence electrons. The minimum Gasteiger partial charge on any atom is -0.428 e. The van der Waals surface area contributed by atoms with Crippen molar-refractivity contribution in [3.05, 3.63) is 94.5 Å². The Morgan fingerprint density at radius 2 is 1.83 bits per heavy atom. The zero-order chi connectivity index (χ0) is 30.9. The van der Waals surface area contributed by atoms with E-state index in [9.17, 15) is 40.3 Å². The maximum Gasteiger partial charge on any atom is 0.461 e. The molecular weight excluding hydrogens is 597 g/mol. The number of halogens is 8. The molecule has 1 fully saturated rings. The first-order chi connectivity index (χ1) is 19.6. The molecule has 4 rings (SSSR count). The largest absolute Gasteiger partial charge is 0.461 e. The number of carbonyl (C=O) groups excluding carboxylic acids is 2. The van der Waals surface area contributed by atoms with Crippen molar-refractivity contribution in [2.75, 3.05) is 6.54 Å². The van der Waals surface area contributed by atoms with E-state index >= 15 is 0 Å². The van der Waals surface area contributed by atoms with Gasteiger partial charge >= 0.3 is 18.6 Å². The summed E-state index contributed by atoms with van der Waals surface area (Å²) in [5.74, 6) is -6.94. The molecular formula is C27H22ClF7N4O3. The molecule has 0 bridgehead atoms. The summed E-state index contributed by atoms with van der Waals surface area (Å²) in [4.78, 5) is 30.3. The van der Waals surface area contributed by atoms with Crippen molar-refractivity contribution in [3.8, 4) is 5.75 Å². The standard InChI is InChI=1S/C27H22ClF7N4O3/c28-17-6-7-21(37-13-17)26(11-15-4-2-1-3-5-15,38-24(41)39-14-25(32,33)12-20(39)22(36)40)16-8-18(29)10-19(9-16)42-27(34,35)23(30)31/h1-10,13,20,23H,11-12,14H2,(H2,36,40)(H,38,41)/t20?,26-/m0/s1. The summed E-state index contributed by atoms with van der Waals surface area (Å²) in [5, 5.41) is 2.65. The van der Waals surface area contributed by atoms with E-state index in [1.165, 1.54) is 12.1 Å². The first-order valence-corrected chi connectivity index (χ1v) is 12.6. The van der Waals surface area contributed by atoms with Gasteiger partial charge in [-0.3, -0.25) is 9.78 Å². The molecule has 42 heavy (non-hydrogen) atoms. The van der Waals surface area contributed by atoms with E-state index in [1.807, 2.05) is 0 Å². The molecule has 15 heteroatoms. The highest BCUT2D eigenvalue weighted by Gasteiger charge is 2.51. The van der Waals surface area contributed by atoms with Crippen molar-refractivity contribution in [1.29, 1.82) is 0 Å². The van der Waals surface area contributed by atoms with Gasteiger partial charge in [-0.05, 0) is 35.4 Å². The van der Waals surface area contributed by atoms with Crippen LogP contribution in [0, 0.1) is 5.82 Å². The molecule has 0 spiro atoms. The van der Waals surface area contributed by atoms with E-state index in [-0.39, 0.29) is 22.7 Å². The smallest absolute Gasteiger partial charge is 0.428 e. The molecule has 1 aliphatic rings. The Hall–Kier alpha value is -4.07. The lowest BCUT2D eigenvalue weighted by Gasteiger charge is -2.37. The minimum atomic E-state index is -5.01. The topological polar surface area (TPSA) is 97.6 Å². The van der Waals surface area contributed by atoms with Crippen molar-refractivity contribution < 1.29 is 45.1 Å². The van der Waals surface area contributed by atoms with Crippen LogP contribution in [0.2, 0.25) is 5.02 Å². The van der Waals surface area contributed by atoms with E-state index < -0.39 is 66.5 Å². The van der Waals surface area contributed by atoms with E-state index in [2.05, 4.69) is 15.0 Å². The van der Waals surface area contributed by atoms with Crippen LogP contribution in [0.25, 0.3) is 0 Å². The molecule has 1 saturated heterocycles. The number of nitrogens with zero attached hydrogens (tertiary/aromatic N) is 2. The number of primary amides is 1. The van der Waals surface area contributed by atoms with Gasteiger partial charge in [0.05, 0.1) is 17.3 Å². The first-order valence-electron chi connectivity index (χ1n) is 12.2. The molecule has 1 unspecified atom stereocenters. The van der Waals surface area contributed by atoms with E-state index in [0.717, 1.165) is 18.3 Å². The van der Waals surface area contributed by atoms with Gasteiger partial charge in [0.15, 0.2) is 0 Å². The van der Waals surface area contributed by atoms with Crippen molar-refractivity contribution >= 4 is 23.5 Å². The average Bonchev–Trinajstić information content (AvgIpc) is 3.24. The van der Waals surface area contributed by atoms with E-state index in [4.69, 9.17) is 17.3 Å². The molecule has 0 aliphatic carbocycles. The zero-order valence-electron chi connectivity index (χ0n) is 21.3. The molecule has 1 aliphatic heterocycles. The van der Waals surface area contributed by atoms with Crippen molar-refractivity contribution in [2.24, 2.45) is 5.73 Å². The predicted molar refractivity (Wildman–Crippen MR) is 136 cm³/mol. The number of urea groups is 1. The maximum absolute atomic E-state index is 14.9. The van der Waals surface area contributed by atoms with Crippen LogP contribution in [0.3, 0.4) is 0 Å². The number of aromatic nitrogens is 1. The number of alkyl halides is 6. The fourth-order valence-electron chi connectivity index (χ4n) is 4.66. The Morgan fingerprint density at radius 3 is 2.43 bits per heavy atom. The lowest BCUT2D eigenvalue weighted by atomic mass is 9.80. The molecule has 0 saturated carbocycles. The van der Waals surface area contributed by atoms with Crippen molar-refractivity contribution in [2.45, 2.75) is 42.9 Å². The number of benzene rings is 2. The van der Waals surface area contributed by atoms with Gasteiger partial charge in [-0.2, -0.15) is 17.6 Å². The highest BCUT2D eigenvalue weighted by molar-refractivity contribution is 6.30. The van der Waals surface area contributed by atoms with Gasteiger partial charge in [0, 0.05) is 25.1 Å². The van der Waals surface area contributed by atoms with Crippen LogP contribution >= 0.6 is 11.6 Å². The van der Waals surface area contributed by atoms with E-state index in [1.54, 1.807) is 30.3 Å². The predicted octanol–water partition coefficient (Wildman–Crippen LogP) is 5.50. The Morgan fingerprint density at radius 1 is 1.14 bits per heavy atom. The van der Waals surface area contributed by atoms with Gasteiger partial charge in [-0.25, -0.2) is 18.0 Å². The summed E-state index contributed by atoms with van der Waals surface area (Å²) in [6.07, 6.45) is -9.47. The Bertz CT molecular complexity index is 1450. The second-order valence-corrected chi connectivity index (χ2v) is 10.0. The highest BCUT2D eigenvalue weighted by Crippen LogP contribution is 2.39. The first kappa shape index (κ1) is 30.9. The van der Waals surface area contributed by atoms with Crippen LogP contribution < -0.4 is 15.8 Å². The third kappa shape index (κ3) is 6.69. The molecule has 0 radical (unpaired) electrons. The van der Waals surface area contributed by atoms with Gasteiger partial charge in [-0.15, -0.1) is 0 Å². The summed E-state index contributed by atoms with van der Waals surface area (Å²) in [6.45, 7) is -1.19. The van der Waals surface area contributed by atoms with Crippen molar-refractivity contribution in [3.63, 3.8) is 0 Å². The number of hydrogen-bond donors (Lipinski definition) is 2. The summed E-state index contributed by atoms with van der Waals surface area (Å²) >= 11 is 5.99. The highest BCUT2D eigenvalue weighted by atomic mass is 35.5. The number of rotatable bonds is 9. The zero-order valence-corrected chi connectivity index (χ0v) is 22.1. The minimum absolute atomic E-state index is 0.0807. The van der Waals surface area contributed by atoms with Crippen LogP contribution in [0.4, 0.5) is 35.5 Å². The summed E-state index contributed by atoms with van der Waals surface area (Å²) in [7, 11) is 0. The van der Waals surface area contributed by atoms with Gasteiger partial charge in [0.2, 0.25) is 5.91 Å². The number of hydrogen-bond acceptors (Lipinski definition) is 4. The molecule has 3 N–H and O–H groups in total. The molecule has 2 heterocycles. The van der Waals surface area contributed by atoms with E-state index in [0.29, 0.717) is 16.5 Å². The van der Waals surface area contributed by atoms with Crippen molar-refractivity contribution in [1.82, 2.24) is 15.2 Å². The second-order valence-electron chi connectivity index (χ2n) is 9.61. The molecule has 1 aromatic heterocycles. The molecule has 2 atom stereocenters. The van der Waals surface area contributed by atoms with Crippen LogP contribution in [0.1, 0.15) is 23.2 Å². The number of ether oxygens (including phenoxy) is 1. The third-order valence-corrected chi connectivity index (χ3v) is 6.75. The van der Waals surface area contributed by atoms with Gasteiger partial charge in [-0.1, -0.05) is 41.9 Å². The Balaban J connectivity index is 1.92. The second kappa shape index (κ2) is 11.7. The lowest BCUT2D eigenvalue weighted by molar-refractivity contribution is -0.253. The number of carbonyl (C=O) groups is 2. The Labute approximate surface area is 239 Å². The number of amides is 3. The van der Waals surface area contributed by atoms with Crippen LogP contribution in [0.5, 0.6) is 5.75 Å². The van der Waals surface area contributed by atoms with Crippen LogP contribution in [0.15, 0.2) is 66.9 Å². The van der Waals surface area contributed by atoms with Gasteiger partial charge < -0.3 is 20.7 Å². The van der Waals surface area contributed by atoms with Crippen LogP contribution in [-0.4, -0.2) is 52.9 Å². The van der Waals surface area contributed by atoms with Gasteiger partial charge in [0.1, 0.15) is 23.1 Å². The normalized spacial score (nSPS) is 18.0. The molecule has 3 amide bonds. The third-order valence-electron chi connectivity index (χ3n) is 6.53. The molecule has 3 aromatic rings. The van der Waals surface area contributed by atoms with Gasteiger partial charge in [0.25, 0.3) is 5.92 Å². The summed E-state index contributed by atoms with van der Waals surface area (Å²) < 4.78 is 101. The Kier molecular flexibility index (Phi) is 8.58. The number of likely N-dealkylation sites (tertiary alicyclic amines) is 1. The summed E-state index contributed by atoms with van der Waals surface area (Å²) in [6, 6.07) is 9.75. The van der Waals surface area contributed by atoms with Crippen LogP contribution in [-0.2, 0) is 16.8 Å². The molecule has 7 nitrogen and oxygen atoms in total. The number of nitrogens with two attached hydrogens (primary N) is 1. The quantitative estimate of drug-likeness (QED) is 0.310. The fourth-order valence-corrected chi connectivity index (χ4v) is 4.77. The number of pyridine rings is 1. The molecule has 2 aromatic carbocycles. The lowest BCUT2D eigenvalue weighted by Crippen LogP contribution is -2.56. The summed E-state index contributed by atoms with van der Waals surface area (Å²) in [5.41, 5.74) is 3.26. The number of nitrogens with one attached hydrogen (secondary N) is 1. The average molecular weight is 619 g/mol. The monoisotopic (exact) mass is 618 g/mol. The fraction of sp³-hybridized carbons (Fsp3) is 0.296. The SMILES string of the molecule is NC(=O)C1CC(F)(F)CN1C(=O)N[C@@](Cc1ccccc1)(c1cc(F)cc(OC(F)(F)C(F)F)c1)c1ccc(Cl)cn1. The maximum atomic E-state index is 14.9.